The Balaban J connectivity index is 1.14. The number of nitrogens with zero attached hydrogens (tertiary/aromatic N) is 3. The Morgan fingerprint density at radius 1 is 0.660 bits per heavy atom. The van der Waals surface area contributed by atoms with Gasteiger partial charge < -0.3 is 40.6 Å². The Labute approximate surface area is 291 Å². The van der Waals surface area contributed by atoms with Gasteiger partial charge in [-0.25, -0.2) is 0 Å². The number of Topliss-reactive ketones (excluding diaryl/α,β-unsaturated/α-hetero) is 1. The molecule has 0 fully saturated rings. The number of phenols is 1. The van der Waals surface area contributed by atoms with Crippen LogP contribution in [0.5, 0.6) is 5.75 Å². The standard InChI is InChI=1S/C38H41N7O5/c1-27(46)6-5-22-49-24-25-50-23-21-39-36-43-37(45-38(44-36)42-33-17-19-34(47)20-18-33)41-32-15-13-31(14-16-32)35(48)40-26-28-9-11-30(12-10-28)29-7-3-2-4-8-29/h2-4,7-20,47H,5-6,21-26H2,1H3,(H,40,48)(H3,39,41,42,43,44,45). The van der Waals surface area contributed by atoms with Crippen LogP contribution in [0, 0.1) is 0 Å². The van der Waals surface area contributed by atoms with Crippen molar-refractivity contribution in [1.29, 1.82) is 0 Å². The SMILES string of the molecule is CC(=O)CCCOCCOCCNc1nc(Nc2ccc(O)cc2)nc(Nc2ccc(C(=O)NCc3ccc(-c4ccccc4)cc3)cc2)n1. The molecule has 0 aliphatic rings. The largest absolute Gasteiger partial charge is 0.508 e. The number of benzene rings is 4. The average Bonchev–Trinajstić information content (AvgIpc) is 3.13. The number of carbonyl (C=O) groups excluding carboxylic acids is 2. The number of rotatable bonds is 19. The third-order valence-electron chi connectivity index (χ3n) is 7.40. The molecule has 5 N–H and O–H groups in total. The lowest BCUT2D eigenvalue weighted by Gasteiger charge is -2.12. The van der Waals surface area contributed by atoms with Crippen LogP contribution in [0.25, 0.3) is 11.1 Å². The van der Waals surface area contributed by atoms with Gasteiger partial charge in [0, 0.05) is 43.1 Å². The lowest BCUT2D eigenvalue weighted by Crippen LogP contribution is -2.22. The van der Waals surface area contributed by atoms with Crippen molar-refractivity contribution in [1.82, 2.24) is 20.3 Å². The predicted octanol–water partition coefficient (Wildman–Crippen LogP) is 6.48. The van der Waals surface area contributed by atoms with Crippen LogP contribution in [0.3, 0.4) is 0 Å². The molecule has 4 aromatic carbocycles. The molecule has 1 heterocycles. The van der Waals surface area contributed by atoms with Crippen molar-refractivity contribution in [2.75, 3.05) is 48.9 Å². The zero-order chi connectivity index (χ0) is 35.0. The number of aromatic nitrogens is 3. The van der Waals surface area contributed by atoms with E-state index in [9.17, 15) is 14.7 Å². The quantitative estimate of drug-likeness (QED) is 0.0482. The molecule has 5 rings (SSSR count). The fraction of sp³-hybridized carbons (Fsp3) is 0.237. The second kappa shape index (κ2) is 18.6. The summed E-state index contributed by atoms with van der Waals surface area (Å²) < 4.78 is 11.1. The Morgan fingerprint density at radius 2 is 1.24 bits per heavy atom. The Kier molecular flexibility index (Phi) is 13.2. The maximum atomic E-state index is 12.9. The topological polar surface area (TPSA) is 160 Å². The van der Waals surface area contributed by atoms with Gasteiger partial charge in [0.1, 0.15) is 11.5 Å². The fourth-order valence-corrected chi connectivity index (χ4v) is 4.78. The second-order valence-electron chi connectivity index (χ2n) is 11.4. The molecule has 0 radical (unpaired) electrons. The second-order valence-corrected chi connectivity index (χ2v) is 11.4. The van der Waals surface area contributed by atoms with E-state index in [1.54, 1.807) is 55.5 Å². The van der Waals surface area contributed by atoms with Crippen molar-refractivity contribution in [2.24, 2.45) is 0 Å². The molecule has 0 saturated heterocycles. The van der Waals surface area contributed by atoms with E-state index in [0.717, 1.165) is 16.7 Å². The first-order valence-electron chi connectivity index (χ1n) is 16.4. The summed E-state index contributed by atoms with van der Waals surface area (Å²) in [5.74, 6) is 0.998. The molecule has 0 unspecified atom stereocenters. The van der Waals surface area contributed by atoms with Gasteiger partial charge in [0.15, 0.2) is 0 Å². The predicted molar refractivity (Wildman–Crippen MR) is 194 cm³/mol. The van der Waals surface area contributed by atoms with Crippen LogP contribution in [0.15, 0.2) is 103 Å². The van der Waals surface area contributed by atoms with Crippen LogP contribution in [0.1, 0.15) is 35.7 Å². The van der Waals surface area contributed by atoms with Crippen molar-refractivity contribution < 1.29 is 24.2 Å². The number of anilines is 5. The van der Waals surface area contributed by atoms with Crippen molar-refractivity contribution in [3.8, 4) is 16.9 Å². The highest BCUT2D eigenvalue weighted by Gasteiger charge is 2.10. The summed E-state index contributed by atoms with van der Waals surface area (Å²) in [6, 6.07) is 31.9. The van der Waals surface area contributed by atoms with Gasteiger partial charge >= 0.3 is 0 Å². The molecule has 0 spiro atoms. The lowest BCUT2D eigenvalue weighted by atomic mass is 10.0. The van der Waals surface area contributed by atoms with E-state index in [-0.39, 0.29) is 29.3 Å². The summed E-state index contributed by atoms with van der Waals surface area (Å²) in [6.07, 6.45) is 1.23. The van der Waals surface area contributed by atoms with Crippen molar-refractivity contribution in [3.05, 3.63) is 114 Å². The number of hydrogen-bond acceptors (Lipinski definition) is 11. The molecule has 12 heteroatoms. The van der Waals surface area contributed by atoms with E-state index in [1.807, 2.05) is 30.3 Å². The minimum absolute atomic E-state index is 0.145. The van der Waals surface area contributed by atoms with E-state index in [0.29, 0.717) is 75.2 Å². The summed E-state index contributed by atoms with van der Waals surface area (Å²) in [4.78, 5) is 37.4. The van der Waals surface area contributed by atoms with Crippen LogP contribution in [-0.4, -0.2) is 64.7 Å². The Bertz CT molecular complexity index is 1800. The van der Waals surface area contributed by atoms with Gasteiger partial charge in [0.25, 0.3) is 5.91 Å². The number of ketones is 1. The van der Waals surface area contributed by atoms with E-state index >= 15 is 0 Å². The van der Waals surface area contributed by atoms with Crippen LogP contribution in [-0.2, 0) is 20.8 Å². The number of amides is 1. The fourth-order valence-electron chi connectivity index (χ4n) is 4.78. The molecule has 1 amide bonds. The molecule has 1 aromatic heterocycles. The number of ether oxygens (including phenoxy) is 2. The first-order valence-corrected chi connectivity index (χ1v) is 16.4. The summed E-state index contributed by atoms with van der Waals surface area (Å²) in [6.45, 7) is 4.22. The minimum Gasteiger partial charge on any atom is -0.508 e. The zero-order valence-electron chi connectivity index (χ0n) is 27.9. The van der Waals surface area contributed by atoms with Gasteiger partial charge in [-0.1, -0.05) is 54.6 Å². The molecule has 0 atom stereocenters. The molecule has 5 aromatic rings. The van der Waals surface area contributed by atoms with Crippen molar-refractivity contribution >= 4 is 40.9 Å². The molecule has 0 aliphatic heterocycles. The summed E-state index contributed by atoms with van der Waals surface area (Å²) in [7, 11) is 0. The maximum absolute atomic E-state index is 12.9. The van der Waals surface area contributed by atoms with Gasteiger partial charge in [0.2, 0.25) is 17.8 Å². The van der Waals surface area contributed by atoms with E-state index < -0.39 is 0 Å². The number of phenolic OH excluding ortho intramolecular Hbond substituents is 1. The third kappa shape index (κ3) is 11.7. The maximum Gasteiger partial charge on any atom is 0.251 e. The molecule has 50 heavy (non-hydrogen) atoms. The number of nitrogens with one attached hydrogen (secondary N) is 4. The van der Waals surface area contributed by atoms with Crippen LogP contribution in [0.4, 0.5) is 29.2 Å². The van der Waals surface area contributed by atoms with Gasteiger partial charge in [-0.15, -0.1) is 0 Å². The Morgan fingerprint density at radius 3 is 1.88 bits per heavy atom. The van der Waals surface area contributed by atoms with E-state index in [1.165, 1.54) is 0 Å². The molecule has 0 aliphatic carbocycles. The summed E-state index contributed by atoms with van der Waals surface area (Å²) in [5.41, 5.74) is 5.15. The molecular formula is C38H41N7O5. The smallest absolute Gasteiger partial charge is 0.251 e. The highest BCUT2D eigenvalue weighted by molar-refractivity contribution is 5.94. The lowest BCUT2D eigenvalue weighted by molar-refractivity contribution is -0.117. The molecular weight excluding hydrogens is 634 g/mol. The van der Waals surface area contributed by atoms with E-state index in [2.05, 4.69) is 60.5 Å². The number of hydrogen-bond donors (Lipinski definition) is 5. The van der Waals surface area contributed by atoms with Gasteiger partial charge in [0.05, 0.1) is 19.8 Å². The zero-order valence-corrected chi connectivity index (χ0v) is 27.9. The number of aromatic hydroxyl groups is 1. The molecule has 12 nitrogen and oxygen atoms in total. The highest BCUT2D eigenvalue weighted by Crippen LogP contribution is 2.22. The highest BCUT2D eigenvalue weighted by atomic mass is 16.5. The first kappa shape index (κ1) is 35.5. The monoisotopic (exact) mass is 675 g/mol. The van der Waals surface area contributed by atoms with Gasteiger partial charge in [-0.2, -0.15) is 15.0 Å². The minimum atomic E-state index is -0.183. The van der Waals surface area contributed by atoms with E-state index in [4.69, 9.17) is 9.47 Å². The van der Waals surface area contributed by atoms with Crippen molar-refractivity contribution in [2.45, 2.75) is 26.3 Å². The third-order valence-corrected chi connectivity index (χ3v) is 7.40. The van der Waals surface area contributed by atoms with Crippen LogP contribution >= 0.6 is 0 Å². The number of carbonyl (C=O) groups is 2. The van der Waals surface area contributed by atoms with Gasteiger partial charge in [-0.3, -0.25) is 4.79 Å². The molecule has 0 saturated carbocycles. The first-order chi connectivity index (χ1) is 24.4. The summed E-state index contributed by atoms with van der Waals surface area (Å²) >= 11 is 0. The molecule has 258 valence electrons. The average molecular weight is 676 g/mol. The molecule has 0 bridgehead atoms. The van der Waals surface area contributed by atoms with Gasteiger partial charge in [-0.05, 0) is 78.6 Å². The normalized spacial score (nSPS) is 10.7. The van der Waals surface area contributed by atoms with Crippen LogP contribution < -0.4 is 21.3 Å². The van der Waals surface area contributed by atoms with Crippen molar-refractivity contribution in [3.63, 3.8) is 0 Å². The summed E-state index contributed by atoms with van der Waals surface area (Å²) in [5, 5.41) is 22.1. The Hall–Kier alpha value is -5.85. The van der Waals surface area contributed by atoms with Crippen LogP contribution in [0.2, 0.25) is 0 Å².